The minimum Gasteiger partial charge on any atom is -0.342 e. The Balaban J connectivity index is 1.24. The molecule has 1 saturated heterocycles. The predicted molar refractivity (Wildman–Crippen MR) is 120 cm³/mol. The second-order valence-electron chi connectivity index (χ2n) is 8.80. The number of aromatic nitrogens is 3. The number of carbonyl (C=O) groups is 1. The van der Waals surface area contributed by atoms with Crippen LogP contribution in [0.25, 0.3) is 10.9 Å². The van der Waals surface area contributed by atoms with Crippen LogP contribution in [0.15, 0.2) is 46.0 Å². The van der Waals surface area contributed by atoms with E-state index >= 15 is 0 Å². The van der Waals surface area contributed by atoms with Gasteiger partial charge < -0.3 is 14.5 Å². The number of para-hydroxylation sites is 1. The van der Waals surface area contributed by atoms with E-state index in [1.807, 2.05) is 11.0 Å². The number of hydrogen-bond acceptors (Lipinski definition) is 6. The van der Waals surface area contributed by atoms with E-state index in [1.54, 1.807) is 24.3 Å². The number of H-pyrrole nitrogens is 1. The smallest absolute Gasteiger partial charge is 0.334 e. The predicted octanol–water partition coefficient (Wildman–Crippen LogP) is 1.96. The van der Waals surface area contributed by atoms with Gasteiger partial charge in [0.25, 0.3) is 5.56 Å². The number of amides is 1. The molecule has 0 saturated carbocycles. The Morgan fingerprint density at radius 3 is 2.79 bits per heavy atom. The Kier molecular flexibility index (Phi) is 5.27. The van der Waals surface area contributed by atoms with Crippen molar-refractivity contribution in [3.05, 3.63) is 78.7 Å². The molecule has 0 spiro atoms. The molecule has 2 bridgehead atoms. The van der Waals surface area contributed by atoms with Gasteiger partial charge in [-0.3, -0.25) is 24.5 Å². The Morgan fingerprint density at radius 1 is 1.15 bits per heavy atom. The fourth-order valence-electron chi connectivity index (χ4n) is 5.10. The summed E-state index contributed by atoms with van der Waals surface area (Å²) in [5.41, 5.74) is 0.244. The molecule has 2 aliphatic heterocycles. The van der Waals surface area contributed by atoms with Crippen LogP contribution in [0.4, 0.5) is 5.69 Å². The molecule has 2 aromatic heterocycles. The van der Waals surface area contributed by atoms with Crippen LogP contribution in [0, 0.1) is 16.0 Å². The highest BCUT2D eigenvalue weighted by molar-refractivity contribution is 5.77. The summed E-state index contributed by atoms with van der Waals surface area (Å²) in [5.74, 6) is 0.689. The molecule has 33 heavy (non-hydrogen) atoms. The monoisotopic (exact) mass is 449 g/mol. The van der Waals surface area contributed by atoms with Gasteiger partial charge in [0.15, 0.2) is 0 Å². The first-order chi connectivity index (χ1) is 15.9. The lowest BCUT2D eigenvalue weighted by atomic mass is 9.83. The van der Waals surface area contributed by atoms with Gasteiger partial charge >= 0.3 is 11.2 Å². The molecule has 2 aliphatic rings. The van der Waals surface area contributed by atoms with Gasteiger partial charge in [0.05, 0.1) is 15.8 Å². The fourth-order valence-corrected chi connectivity index (χ4v) is 5.10. The van der Waals surface area contributed by atoms with E-state index in [0.717, 1.165) is 12.1 Å². The summed E-state index contributed by atoms with van der Waals surface area (Å²) in [6.07, 6.45) is 2.26. The van der Waals surface area contributed by atoms with Crippen LogP contribution in [0.3, 0.4) is 0 Å². The summed E-state index contributed by atoms with van der Waals surface area (Å²) in [6.45, 7) is 1.42. The number of carbonyl (C=O) groups excluding carboxylic acids is 1. The van der Waals surface area contributed by atoms with Crippen molar-refractivity contribution in [1.82, 2.24) is 19.4 Å². The maximum absolute atomic E-state index is 12.9. The first-order valence-electron chi connectivity index (χ1n) is 11.0. The second kappa shape index (κ2) is 8.27. The molecule has 2 atom stereocenters. The first kappa shape index (κ1) is 21.0. The van der Waals surface area contributed by atoms with Crippen LogP contribution in [-0.4, -0.2) is 43.4 Å². The normalized spacial score (nSPS) is 19.3. The Morgan fingerprint density at radius 2 is 1.97 bits per heavy atom. The van der Waals surface area contributed by atoms with E-state index in [9.17, 15) is 24.5 Å². The second-order valence-corrected chi connectivity index (χ2v) is 8.80. The van der Waals surface area contributed by atoms with Crippen molar-refractivity contribution in [3.63, 3.8) is 0 Å². The van der Waals surface area contributed by atoms with Gasteiger partial charge in [-0.25, -0.2) is 4.98 Å². The summed E-state index contributed by atoms with van der Waals surface area (Å²) in [7, 11) is 0. The van der Waals surface area contributed by atoms with Crippen molar-refractivity contribution in [2.24, 2.45) is 5.92 Å². The van der Waals surface area contributed by atoms with Crippen LogP contribution in [0.1, 0.15) is 36.7 Å². The molecule has 0 radical (unpaired) electrons. The van der Waals surface area contributed by atoms with Crippen molar-refractivity contribution in [3.8, 4) is 0 Å². The number of pyridine rings is 1. The number of nitrogens with one attached hydrogen (secondary N) is 1. The standard InChI is InChI=1S/C23H23N5O5/c29-21(7-3-6-20-24-17-5-2-1-4-16(17)22(30)25-20)26-11-14-10-15(13-26)18-8-9-19(28(32)33)23(31)27(18)12-14/h1-2,4-5,8-9,14-15H,3,6-7,10-13H2,(H,24,25,30)/t14-,15-/m0/s1. The zero-order valence-corrected chi connectivity index (χ0v) is 17.9. The topological polar surface area (TPSA) is 131 Å². The van der Waals surface area contributed by atoms with Crippen molar-refractivity contribution in [2.75, 3.05) is 13.1 Å². The molecule has 10 heteroatoms. The van der Waals surface area contributed by atoms with Gasteiger partial charge in [-0.05, 0) is 37.0 Å². The van der Waals surface area contributed by atoms with Gasteiger partial charge in [0.1, 0.15) is 5.82 Å². The minimum atomic E-state index is -0.645. The Labute approximate surface area is 188 Å². The zero-order chi connectivity index (χ0) is 23.1. The third-order valence-electron chi connectivity index (χ3n) is 6.60. The first-order valence-corrected chi connectivity index (χ1v) is 11.0. The number of hydrogen-bond donors (Lipinski definition) is 1. The summed E-state index contributed by atoms with van der Waals surface area (Å²) < 4.78 is 1.51. The fraction of sp³-hybridized carbons (Fsp3) is 0.391. The van der Waals surface area contributed by atoms with E-state index in [0.29, 0.717) is 55.6 Å². The molecule has 1 N–H and O–H groups in total. The van der Waals surface area contributed by atoms with E-state index in [1.165, 1.54) is 10.6 Å². The SMILES string of the molecule is O=C(CCCc1nc2ccccc2c(=O)[nH]1)N1C[C@@H]2C[C@@H](C1)c1ccc([N+](=O)[O-])c(=O)n1C2. The van der Waals surface area contributed by atoms with Crippen LogP contribution >= 0.6 is 0 Å². The van der Waals surface area contributed by atoms with Crippen molar-refractivity contribution >= 4 is 22.5 Å². The summed E-state index contributed by atoms with van der Waals surface area (Å²) >= 11 is 0. The number of likely N-dealkylation sites (tertiary alicyclic amines) is 1. The maximum Gasteiger partial charge on any atom is 0.334 e. The van der Waals surface area contributed by atoms with Crippen LogP contribution in [0.2, 0.25) is 0 Å². The zero-order valence-electron chi connectivity index (χ0n) is 17.9. The average Bonchev–Trinajstić information content (AvgIpc) is 2.79. The molecule has 1 fully saturated rings. The molecule has 170 valence electrons. The van der Waals surface area contributed by atoms with E-state index in [4.69, 9.17) is 0 Å². The van der Waals surface area contributed by atoms with E-state index in [2.05, 4.69) is 9.97 Å². The number of aromatic amines is 1. The number of aryl methyl sites for hydroxylation is 1. The maximum atomic E-state index is 12.9. The lowest BCUT2D eigenvalue weighted by Crippen LogP contribution is -2.49. The third kappa shape index (κ3) is 3.92. The van der Waals surface area contributed by atoms with Gasteiger partial charge in [0, 0.05) is 50.2 Å². The molecule has 1 aromatic carbocycles. The third-order valence-corrected chi connectivity index (χ3v) is 6.60. The molecular formula is C23H23N5O5. The van der Waals surface area contributed by atoms with Gasteiger partial charge in [-0.2, -0.15) is 0 Å². The quantitative estimate of drug-likeness (QED) is 0.468. The largest absolute Gasteiger partial charge is 0.342 e. The van der Waals surface area contributed by atoms with Gasteiger partial charge in [0.2, 0.25) is 5.91 Å². The van der Waals surface area contributed by atoms with E-state index < -0.39 is 16.2 Å². The molecule has 10 nitrogen and oxygen atoms in total. The van der Waals surface area contributed by atoms with E-state index in [-0.39, 0.29) is 23.3 Å². The number of nitro groups is 1. The highest BCUT2D eigenvalue weighted by Gasteiger charge is 2.37. The molecule has 0 aliphatic carbocycles. The molecule has 3 aromatic rings. The Bertz CT molecular complexity index is 1380. The highest BCUT2D eigenvalue weighted by atomic mass is 16.6. The number of piperidine rings is 1. The average molecular weight is 449 g/mol. The van der Waals surface area contributed by atoms with Crippen molar-refractivity contribution in [2.45, 2.75) is 38.1 Å². The van der Waals surface area contributed by atoms with Crippen LogP contribution < -0.4 is 11.1 Å². The molecule has 1 amide bonds. The van der Waals surface area contributed by atoms with Gasteiger partial charge in [-0.1, -0.05) is 12.1 Å². The Hall–Kier alpha value is -3.82. The lowest BCUT2D eigenvalue weighted by molar-refractivity contribution is -0.386. The molecular weight excluding hydrogens is 426 g/mol. The summed E-state index contributed by atoms with van der Waals surface area (Å²) in [6, 6.07) is 10.1. The highest BCUT2D eigenvalue weighted by Crippen LogP contribution is 2.35. The van der Waals surface area contributed by atoms with Crippen LogP contribution in [-0.2, 0) is 17.8 Å². The summed E-state index contributed by atoms with van der Waals surface area (Å²) in [5, 5.41) is 11.6. The van der Waals surface area contributed by atoms with Crippen LogP contribution in [0.5, 0.6) is 0 Å². The molecule has 5 rings (SSSR count). The van der Waals surface area contributed by atoms with Crippen molar-refractivity contribution in [1.29, 1.82) is 0 Å². The number of nitrogens with zero attached hydrogens (tertiary/aromatic N) is 4. The van der Waals surface area contributed by atoms with Crippen molar-refractivity contribution < 1.29 is 9.72 Å². The molecule has 4 heterocycles. The minimum absolute atomic E-state index is 0.00605. The molecule has 0 unspecified atom stereocenters. The summed E-state index contributed by atoms with van der Waals surface area (Å²) in [4.78, 5) is 57.2. The number of benzene rings is 1. The number of fused-ring (bicyclic) bond motifs is 5. The lowest BCUT2D eigenvalue weighted by Gasteiger charge is -2.42. The van der Waals surface area contributed by atoms with Gasteiger partial charge in [-0.15, -0.1) is 0 Å². The number of rotatable bonds is 5.